The fourth-order valence-electron chi connectivity index (χ4n) is 1.73. The largest absolute Gasteiger partial charge is 0.508 e. The van der Waals surface area contributed by atoms with Gasteiger partial charge < -0.3 is 5.11 Å². The first kappa shape index (κ1) is 8.82. The first-order valence-corrected chi connectivity index (χ1v) is 5.15. The molecule has 0 amide bonds. The lowest BCUT2D eigenvalue weighted by atomic mass is 9.91. The van der Waals surface area contributed by atoms with Crippen LogP contribution in [-0.2, 0) is 6.42 Å². The van der Waals surface area contributed by atoms with E-state index in [4.69, 9.17) is 0 Å². The highest BCUT2D eigenvalue weighted by Gasteiger charge is 2.15. The molecule has 1 N–H and O–H groups in total. The lowest BCUT2D eigenvalue weighted by Gasteiger charge is -2.18. The Balaban J connectivity index is 2.54. The van der Waals surface area contributed by atoms with Gasteiger partial charge in [0.2, 0.25) is 0 Å². The second-order valence-electron chi connectivity index (χ2n) is 3.54. The molecule has 1 aromatic carbocycles. The van der Waals surface area contributed by atoms with E-state index >= 15 is 0 Å². The van der Waals surface area contributed by atoms with Crippen LogP contribution in [0.3, 0.4) is 0 Å². The number of phenols is 1. The average Bonchev–Trinajstić information content (AvgIpc) is 2.02. The molecule has 1 aliphatic carbocycles. The second-order valence-corrected chi connectivity index (χ2v) is 4.39. The van der Waals surface area contributed by atoms with Crippen LogP contribution in [0.1, 0.15) is 18.1 Å². The Morgan fingerprint density at radius 1 is 1.46 bits per heavy atom. The van der Waals surface area contributed by atoms with Gasteiger partial charge in [-0.05, 0) is 41.7 Å². The highest BCUT2D eigenvalue weighted by atomic mass is 79.9. The lowest BCUT2D eigenvalue weighted by molar-refractivity contribution is 0.474. The highest BCUT2D eigenvalue weighted by molar-refractivity contribution is 9.15. The third kappa shape index (κ3) is 1.63. The number of halogens is 1. The van der Waals surface area contributed by atoms with Crippen molar-refractivity contribution in [3.05, 3.63) is 35.4 Å². The first-order chi connectivity index (χ1) is 6.16. The van der Waals surface area contributed by atoms with Crippen molar-refractivity contribution in [1.82, 2.24) is 0 Å². The van der Waals surface area contributed by atoms with Gasteiger partial charge in [-0.3, -0.25) is 0 Å². The molecule has 1 aliphatic rings. The maximum atomic E-state index is 9.33. The van der Waals surface area contributed by atoms with Crippen LogP contribution < -0.4 is 0 Å². The van der Waals surface area contributed by atoms with Crippen LogP contribution in [0.25, 0.3) is 4.48 Å². The zero-order valence-electron chi connectivity index (χ0n) is 7.42. The molecule has 0 radical (unpaired) electrons. The van der Waals surface area contributed by atoms with Crippen molar-refractivity contribution < 1.29 is 5.11 Å². The lowest BCUT2D eigenvalue weighted by Crippen LogP contribution is -2.04. The van der Waals surface area contributed by atoms with Gasteiger partial charge in [-0.1, -0.05) is 28.9 Å². The SMILES string of the molecule is CC1C=C(Br)c2ccc(O)cc2C1. The van der Waals surface area contributed by atoms with E-state index in [1.165, 1.54) is 11.1 Å². The highest BCUT2D eigenvalue weighted by Crippen LogP contribution is 2.34. The molecule has 1 aromatic rings. The van der Waals surface area contributed by atoms with Gasteiger partial charge in [0.15, 0.2) is 0 Å². The van der Waals surface area contributed by atoms with Crippen LogP contribution in [0.4, 0.5) is 0 Å². The first-order valence-electron chi connectivity index (χ1n) is 4.36. The molecule has 0 saturated carbocycles. The summed E-state index contributed by atoms with van der Waals surface area (Å²) >= 11 is 3.53. The zero-order valence-corrected chi connectivity index (χ0v) is 9.01. The minimum absolute atomic E-state index is 0.355. The van der Waals surface area contributed by atoms with Crippen LogP contribution in [0.15, 0.2) is 24.3 Å². The summed E-state index contributed by atoms with van der Waals surface area (Å²) in [5.74, 6) is 0.900. The molecule has 68 valence electrons. The number of fused-ring (bicyclic) bond motifs is 1. The Bertz CT molecular complexity index is 368. The number of hydrogen-bond acceptors (Lipinski definition) is 1. The number of allylic oxidation sites excluding steroid dienone is 1. The Hall–Kier alpha value is -0.760. The van der Waals surface area contributed by atoms with E-state index in [1.807, 2.05) is 12.1 Å². The van der Waals surface area contributed by atoms with Gasteiger partial charge in [0.05, 0.1) is 0 Å². The summed E-state index contributed by atoms with van der Waals surface area (Å²) in [5.41, 5.74) is 2.43. The number of rotatable bonds is 0. The summed E-state index contributed by atoms with van der Waals surface area (Å²) in [6.45, 7) is 2.17. The van der Waals surface area contributed by atoms with Gasteiger partial charge in [-0.25, -0.2) is 0 Å². The summed E-state index contributed by atoms with van der Waals surface area (Å²) in [7, 11) is 0. The van der Waals surface area contributed by atoms with E-state index < -0.39 is 0 Å². The molecule has 0 aromatic heterocycles. The van der Waals surface area contributed by atoms with Crippen molar-refractivity contribution >= 4 is 20.4 Å². The quantitative estimate of drug-likeness (QED) is 0.736. The van der Waals surface area contributed by atoms with Crippen LogP contribution in [0.5, 0.6) is 5.75 Å². The maximum Gasteiger partial charge on any atom is 0.115 e. The summed E-state index contributed by atoms with van der Waals surface area (Å²) in [5, 5.41) is 9.33. The van der Waals surface area contributed by atoms with Crippen molar-refractivity contribution in [3.63, 3.8) is 0 Å². The molecule has 2 rings (SSSR count). The second kappa shape index (κ2) is 3.18. The van der Waals surface area contributed by atoms with Gasteiger partial charge >= 0.3 is 0 Å². The minimum Gasteiger partial charge on any atom is -0.508 e. The van der Waals surface area contributed by atoms with Gasteiger partial charge in [-0.15, -0.1) is 0 Å². The van der Waals surface area contributed by atoms with E-state index in [9.17, 15) is 5.11 Å². The molecule has 0 saturated heterocycles. The van der Waals surface area contributed by atoms with Crippen LogP contribution in [0.2, 0.25) is 0 Å². The Kier molecular flexibility index (Phi) is 2.16. The Morgan fingerprint density at radius 3 is 3.00 bits per heavy atom. The standard InChI is InChI=1S/C11H11BrO/c1-7-4-8-6-9(13)2-3-10(8)11(12)5-7/h2-3,5-7,13H,4H2,1H3. The molecule has 1 atom stereocenters. The molecule has 0 aliphatic heterocycles. The topological polar surface area (TPSA) is 20.2 Å². The van der Waals surface area contributed by atoms with Crippen LogP contribution >= 0.6 is 15.9 Å². The molecule has 2 heteroatoms. The van der Waals surface area contributed by atoms with E-state index in [1.54, 1.807) is 6.07 Å². The third-order valence-electron chi connectivity index (χ3n) is 2.32. The zero-order chi connectivity index (χ0) is 9.42. The molecule has 1 unspecified atom stereocenters. The Labute approximate surface area is 86.2 Å². The van der Waals surface area contributed by atoms with Gasteiger partial charge in [0, 0.05) is 4.48 Å². The molecule has 0 bridgehead atoms. The van der Waals surface area contributed by atoms with Gasteiger partial charge in [0.25, 0.3) is 0 Å². The van der Waals surface area contributed by atoms with E-state index in [0.717, 1.165) is 10.9 Å². The predicted octanol–water partition coefficient (Wildman–Crippen LogP) is 3.32. The Morgan fingerprint density at radius 2 is 2.23 bits per heavy atom. The smallest absolute Gasteiger partial charge is 0.115 e. The fraction of sp³-hybridized carbons (Fsp3) is 0.273. The van der Waals surface area contributed by atoms with Crippen molar-refractivity contribution in [1.29, 1.82) is 0 Å². The summed E-state index contributed by atoms with van der Waals surface area (Å²) in [4.78, 5) is 0. The monoisotopic (exact) mass is 238 g/mol. The van der Waals surface area contributed by atoms with Crippen LogP contribution in [-0.4, -0.2) is 5.11 Å². The molecule has 1 nitrogen and oxygen atoms in total. The van der Waals surface area contributed by atoms with E-state index in [-0.39, 0.29) is 0 Å². The fourth-order valence-corrected chi connectivity index (χ4v) is 2.57. The van der Waals surface area contributed by atoms with Crippen molar-refractivity contribution in [3.8, 4) is 5.75 Å². The maximum absolute atomic E-state index is 9.33. The van der Waals surface area contributed by atoms with E-state index in [0.29, 0.717) is 11.7 Å². The van der Waals surface area contributed by atoms with Crippen molar-refractivity contribution in [2.24, 2.45) is 5.92 Å². The normalized spacial score (nSPS) is 20.8. The number of hydrogen-bond donors (Lipinski definition) is 1. The predicted molar refractivity (Wildman–Crippen MR) is 57.9 cm³/mol. The van der Waals surface area contributed by atoms with Crippen molar-refractivity contribution in [2.45, 2.75) is 13.3 Å². The molecule has 0 heterocycles. The van der Waals surface area contributed by atoms with Gasteiger partial charge in [-0.2, -0.15) is 0 Å². The summed E-state index contributed by atoms with van der Waals surface area (Å²) < 4.78 is 1.14. The number of aromatic hydroxyl groups is 1. The molecule has 13 heavy (non-hydrogen) atoms. The van der Waals surface area contributed by atoms with Crippen LogP contribution in [0, 0.1) is 5.92 Å². The number of phenolic OH excluding ortho intramolecular Hbond substituents is 1. The van der Waals surface area contributed by atoms with Crippen molar-refractivity contribution in [2.75, 3.05) is 0 Å². The van der Waals surface area contributed by atoms with E-state index in [2.05, 4.69) is 28.9 Å². The van der Waals surface area contributed by atoms with Gasteiger partial charge in [0.1, 0.15) is 5.75 Å². The molecule has 0 fully saturated rings. The average molecular weight is 239 g/mol. The molecule has 0 spiro atoms. The summed E-state index contributed by atoms with van der Waals surface area (Å²) in [6.07, 6.45) is 3.22. The molecular formula is C11H11BrO. The minimum atomic E-state index is 0.355. The third-order valence-corrected chi connectivity index (χ3v) is 3.01. The summed E-state index contributed by atoms with van der Waals surface area (Å²) in [6, 6.07) is 5.53. The molecular weight excluding hydrogens is 228 g/mol. The number of benzene rings is 1.